The third-order valence-corrected chi connectivity index (χ3v) is 3.29. The van der Waals surface area contributed by atoms with Crippen LogP contribution in [0.25, 0.3) is 0 Å². The number of nitrogens with zero attached hydrogens (tertiary/aromatic N) is 1. The van der Waals surface area contributed by atoms with Crippen LogP contribution in [0.5, 0.6) is 0 Å². The van der Waals surface area contributed by atoms with Gasteiger partial charge in [0.25, 0.3) is 0 Å². The van der Waals surface area contributed by atoms with Gasteiger partial charge in [-0.25, -0.2) is 0 Å². The third kappa shape index (κ3) is 6.83. The van der Waals surface area contributed by atoms with E-state index in [2.05, 4.69) is 67.5 Å². The highest BCUT2D eigenvalue weighted by Crippen LogP contribution is 2.14. The Kier molecular flexibility index (Phi) is 7.80. The van der Waals surface area contributed by atoms with Crippen molar-refractivity contribution in [3.63, 3.8) is 0 Å². The molecular weight excluding hydrogens is 337 g/mol. The molecule has 0 fully saturated rings. The third-order valence-electron chi connectivity index (χ3n) is 2.78. The molecule has 0 spiro atoms. The standard InChI is InChI=1S/C14H21IN2O/c1-13(18)16-9-5-14-6-11-17(12-7-14)10-4-2-3-8-15/h3,6-8,11-12,14H,2,4-5,9-10H2,1H3,(H,16,18)/b8-3+/i15-2. The molecule has 3 nitrogen and oxygen atoms in total. The molecular formula is C14H21IN2O. The number of rotatable bonds is 7. The number of halogens is 1. The van der Waals surface area contributed by atoms with Crippen LogP contribution in [-0.4, -0.2) is 23.9 Å². The van der Waals surface area contributed by atoms with Crippen LogP contribution in [0.2, 0.25) is 0 Å². The Morgan fingerprint density at radius 3 is 2.78 bits per heavy atom. The summed E-state index contributed by atoms with van der Waals surface area (Å²) in [6, 6.07) is 0. The molecule has 4 heteroatoms. The zero-order chi connectivity index (χ0) is 13.2. The fourth-order valence-corrected chi connectivity index (χ4v) is 2.13. The highest BCUT2D eigenvalue weighted by molar-refractivity contribution is 14.1. The van der Waals surface area contributed by atoms with Gasteiger partial charge in [-0.15, -0.1) is 0 Å². The Morgan fingerprint density at radius 1 is 1.44 bits per heavy atom. The molecule has 0 saturated carbocycles. The monoisotopic (exact) mass is 358 g/mol. The minimum absolute atomic E-state index is 0.0451. The molecule has 0 radical (unpaired) electrons. The summed E-state index contributed by atoms with van der Waals surface area (Å²) in [6.45, 7) is 3.36. The fourth-order valence-electron chi connectivity index (χ4n) is 1.77. The predicted molar refractivity (Wildman–Crippen MR) is 84.2 cm³/mol. The van der Waals surface area contributed by atoms with E-state index in [1.54, 1.807) is 6.92 Å². The summed E-state index contributed by atoms with van der Waals surface area (Å²) in [5.41, 5.74) is 0. The number of nitrogens with one attached hydrogen (secondary N) is 1. The summed E-state index contributed by atoms with van der Waals surface area (Å²) in [4.78, 5) is 13.0. The van der Waals surface area contributed by atoms with Crippen molar-refractivity contribution in [1.29, 1.82) is 0 Å². The summed E-state index contributed by atoms with van der Waals surface area (Å²) in [7, 11) is 0. The van der Waals surface area contributed by atoms with Crippen LogP contribution >= 0.6 is 22.6 Å². The summed E-state index contributed by atoms with van der Waals surface area (Å²) in [6.07, 6.45) is 14.2. The first kappa shape index (κ1) is 15.3. The van der Waals surface area contributed by atoms with Crippen molar-refractivity contribution in [2.75, 3.05) is 13.1 Å². The van der Waals surface area contributed by atoms with Gasteiger partial charge in [0, 0.05) is 32.4 Å². The second-order valence-electron chi connectivity index (χ2n) is 4.36. The molecule has 0 aliphatic carbocycles. The zero-order valence-electron chi connectivity index (χ0n) is 10.8. The maximum absolute atomic E-state index is 10.7. The van der Waals surface area contributed by atoms with Crippen LogP contribution < -0.4 is 5.32 Å². The van der Waals surface area contributed by atoms with Crippen LogP contribution in [0.15, 0.2) is 34.7 Å². The topological polar surface area (TPSA) is 32.3 Å². The summed E-state index contributed by atoms with van der Waals surface area (Å²) in [5.74, 6) is 0.492. The fraction of sp³-hybridized carbons (Fsp3) is 0.500. The quantitative estimate of drug-likeness (QED) is 0.560. The molecule has 0 atom stereocenters. The van der Waals surface area contributed by atoms with E-state index in [-0.39, 0.29) is 5.91 Å². The van der Waals surface area contributed by atoms with E-state index in [0.717, 1.165) is 25.9 Å². The smallest absolute Gasteiger partial charge is 0.216 e. The maximum atomic E-state index is 10.7. The van der Waals surface area contributed by atoms with Crippen molar-refractivity contribution in [3.05, 3.63) is 34.7 Å². The minimum atomic E-state index is 0.0451. The zero-order valence-corrected chi connectivity index (χ0v) is 13.0. The van der Waals surface area contributed by atoms with E-state index in [1.807, 2.05) is 0 Å². The van der Waals surface area contributed by atoms with E-state index in [9.17, 15) is 4.79 Å². The lowest BCUT2D eigenvalue weighted by atomic mass is 10.0. The maximum Gasteiger partial charge on any atom is 0.216 e. The summed E-state index contributed by atoms with van der Waals surface area (Å²) < 4.78 is 2.07. The molecule has 100 valence electrons. The molecule has 0 saturated heterocycles. The van der Waals surface area contributed by atoms with Gasteiger partial charge in [0.1, 0.15) is 0 Å². The summed E-state index contributed by atoms with van der Waals surface area (Å²) in [5, 5.41) is 2.82. The highest BCUT2D eigenvalue weighted by atomic mass is 125. The van der Waals surface area contributed by atoms with E-state index >= 15 is 0 Å². The molecule has 0 unspecified atom stereocenters. The Hall–Kier alpha value is -0.780. The van der Waals surface area contributed by atoms with Gasteiger partial charge in [0.05, 0.1) is 0 Å². The molecule has 1 aliphatic heterocycles. The van der Waals surface area contributed by atoms with E-state index in [0.29, 0.717) is 5.92 Å². The number of allylic oxidation sites excluding steroid dienone is 3. The first-order valence-electron chi connectivity index (χ1n) is 6.34. The van der Waals surface area contributed by atoms with Gasteiger partial charge in [-0.3, -0.25) is 4.79 Å². The van der Waals surface area contributed by atoms with Crippen molar-refractivity contribution in [2.24, 2.45) is 5.92 Å². The predicted octanol–water partition coefficient (Wildman–Crippen LogP) is 3.20. The molecule has 0 aromatic heterocycles. The number of hydrogen-bond acceptors (Lipinski definition) is 2. The average molecular weight is 358 g/mol. The Balaban J connectivity index is 2.16. The van der Waals surface area contributed by atoms with Crippen LogP contribution in [-0.2, 0) is 4.79 Å². The lowest BCUT2D eigenvalue weighted by Gasteiger charge is -2.21. The normalized spacial score (nSPS) is 15.6. The molecule has 1 N–H and O–H groups in total. The van der Waals surface area contributed by atoms with Gasteiger partial charge in [0.15, 0.2) is 0 Å². The van der Waals surface area contributed by atoms with Crippen molar-refractivity contribution < 1.29 is 4.79 Å². The molecule has 0 bridgehead atoms. The van der Waals surface area contributed by atoms with Gasteiger partial charge in [-0.1, -0.05) is 40.8 Å². The Labute approximate surface area is 123 Å². The van der Waals surface area contributed by atoms with Crippen LogP contribution in [0.3, 0.4) is 0 Å². The number of hydrogen-bond donors (Lipinski definition) is 1. The van der Waals surface area contributed by atoms with Gasteiger partial charge in [0.2, 0.25) is 5.91 Å². The Bertz CT molecular complexity index is 323. The van der Waals surface area contributed by atoms with E-state index in [4.69, 9.17) is 0 Å². The second kappa shape index (κ2) is 9.19. The number of carbonyl (C=O) groups excluding carboxylic acids is 1. The number of amides is 1. The average Bonchev–Trinajstić information content (AvgIpc) is 2.36. The molecule has 1 heterocycles. The van der Waals surface area contributed by atoms with Crippen molar-refractivity contribution in [3.8, 4) is 0 Å². The lowest BCUT2D eigenvalue weighted by molar-refractivity contribution is -0.118. The first-order chi connectivity index (χ1) is 8.72. The van der Waals surface area contributed by atoms with Crippen molar-refractivity contribution >= 4 is 28.5 Å². The van der Waals surface area contributed by atoms with E-state index < -0.39 is 0 Å². The molecule has 18 heavy (non-hydrogen) atoms. The van der Waals surface area contributed by atoms with Gasteiger partial charge < -0.3 is 10.2 Å². The van der Waals surface area contributed by atoms with Gasteiger partial charge in [-0.05, 0) is 29.3 Å². The molecule has 1 amide bonds. The molecule has 1 aliphatic rings. The van der Waals surface area contributed by atoms with Crippen LogP contribution in [0, 0.1) is 5.92 Å². The van der Waals surface area contributed by atoms with E-state index in [1.165, 1.54) is 6.42 Å². The molecule has 0 aromatic carbocycles. The highest BCUT2D eigenvalue weighted by Gasteiger charge is 2.06. The van der Waals surface area contributed by atoms with Crippen LogP contribution in [0.4, 0.5) is 0 Å². The molecule has 0 aromatic rings. The molecule has 1 rings (SSSR count). The largest absolute Gasteiger partial charge is 0.356 e. The first-order valence-corrected chi connectivity index (χ1v) is 7.59. The van der Waals surface area contributed by atoms with Crippen molar-refractivity contribution in [1.82, 2.24) is 10.2 Å². The van der Waals surface area contributed by atoms with Gasteiger partial charge >= 0.3 is 0 Å². The summed E-state index contributed by atoms with van der Waals surface area (Å²) >= 11 is 2.25. The number of unbranched alkanes of at least 4 members (excludes halogenated alkanes) is 1. The second-order valence-corrected chi connectivity index (χ2v) is 5.08. The SMILES string of the molecule is CC(=O)NCCC1C=CN(CCC/C=C/[125I])C=C1. The van der Waals surface area contributed by atoms with Gasteiger partial charge in [-0.2, -0.15) is 0 Å². The lowest BCUT2D eigenvalue weighted by Crippen LogP contribution is -2.23. The minimum Gasteiger partial charge on any atom is -0.356 e. The van der Waals surface area contributed by atoms with Crippen LogP contribution in [0.1, 0.15) is 26.2 Å². The number of carbonyl (C=O) groups is 1. The Morgan fingerprint density at radius 2 is 2.17 bits per heavy atom. The van der Waals surface area contributed by atoms with Crippen molar-refractivity contribution in [2.45, 2.75) is 26.2 Å².